The van der Waals surface area contributed by atoms with Gasteiger partial charge in [0, 0.05) is 12.1 Å². The molecule has 0 aliphatic heterocycles. The van der Waals surface area contributed by atoms with Crippen molar-refractivity contribution in [3.8, 4) is 12.3 Å². The molecule has 0 saturated heterocycles. The second-order valence-corrected chi connectivity index (χ2v) is 3.54. The van der Waals surface area contributed by atoms with E-state index >= 15 is 0 Å². The number of nitrogens with one attached hydrogen (secondary N) is 2. The minimum Gasteiger partial charge on any atom is -0.325 e. The highest BCUT2D eigenvalue weighted by atomic mass is 19.1. The third-order valence-corrected chi connectivity index (χ3v) is 2.07. The first-order chi connectivity index (χ1) is 8.22. The van der Waals surface area contributed by atoms with E-state index in [4.69, 9.17) is 6.42 Å². The molecule has 1 aromatic rings. The van der Waals surface area contributed by atoms with E-state index in [1.54, 1.807) is 12.1 Å². The molecule has 3 nitrogen and oxygen atoms in total. The molecule has 0 heterocycles. The molecular weight excluding hydrogens is 219 g/mol. The number of unbranched alkanes of at least 4 members (excludes halogenated alkanes) is 1. The minimum absolute atomic E-state index is 0.196. The van der Waals surface area contributed by atoms with Crippen LogP contribution in [0.1, 0.15) is 12.8 Å². The molecular formula is C13H15FN2O. The lowest BCUT2D eigenvalue weighted by Gasteiger charge is -2.06. The van der Waals surface area contributed by atoms with Crippen molar-refractivity contribution in [2.24, 2.45) is 0 Å². The molecule has 1 rings (SSSR count). The molecule has 0 bridgehead atoms. The highest BCUT2D eigenvalue weighted by Crippen LogP contribution is 2.08. The Kier molecular flexibility index (Phi) is 5.76. The fraction of sp³-hybridized carbons (Fsp3) is 0.308. The van der Waals surface area contributed by atoms with E-state index in [9.17, 15) is 9.18 Å². The third-order valence-electron chi connectivity index (χ3n) is 2.07. The summed E-state index contributed by atoms with van der Waals surface area (Å²) in [5.74, 6) is 1.95. The molecule has 0 aromatic heterocycles. The zero-order valence-corrected chi connectivity index (χ0v) is 9.50. The lowest BCUT2D eigenvalue weighted by atomic mass is 10.3. The summed E-state index contributed by atoms with van der Waals surface area (Å²) in [4.78, 5) is 11.4. The SMILES string of the molecule is C#CCCCNCC(=O)Nc1cccc(F)c1. The highest BCUT2D eigenvalue weighted by molar-refractivity contribution is 5.92. The van der Waals surface area contributed by atoms with E-state index in [0.717, 1.165) is 6.42 Å². The molecule has 90 valence electrons. The predicted octanol–water partition coefficient (Wildman–Crippen LogP) is 1.77. The number of hydrogen-bond acceptors (Lipinski definition) is 2. The van der Waals surface area contributed by atoms with E-state index in [1.807, 2.05) is 0 Å². The summed E-state index contributed by atoms with van der Waals surface area (Å²) in [5.41, 5.74) is 0.459. The standard InChI is InChI=1S/C13H15FN2O/c1-2-3-4-8-15-10-13(17)16-12-7-5-6-11(14)9-12/h1,5-7,9,15H,3-4,8,10H2,(H,16,17). The Morgan fingerprint density at radius 1 is 1.47 bits per heavy atom. The Labute approximate surface area is 100 Å². The summed E-state index contributed by atoms with van der Waals surface area (Å²) in [6.45, 7) is 0.891. The van der Waals surface area contributed by atoms with Crippen LogP contribution in [0.4, 0.5) is 10.1 Å². The summed E-state index contributed by atoms with van der Waals surface area (Å²) in [7, 11) is 0. The van der Waals surface area contributed by atoms with Gasteiger partial charge < -0.3 is 10.6 Å². The van der Waals surface area contributed by atoms with Crippen LogP contribution >= 0.6 is 0 Å². The monoisotopic (exact) mass is 234 g/mol. The molecule has 0 aliphatic rings. The van der Waals surface area contributed by atoms with Crippen LogP contribution in [0, 0.1) is 18.2 Å². The second kappa shape index (κ2) is 7.42. The predicted molar refractivity (Wildman–Crippen MR) is 66.0 cm³/mol. The first-order valence-corrected chi connectivity index (χ1v) is 5.42. The Bertz CT molecular complexity index is 412. The van der Waals surface area contributed by atoms with Crippen molar-refractivity contribution in [1.29, 1.82) is 0 Å². The normalized spacial score (nSPS) is 9.65. The van der Waals surface area contributed by atoms with Gasteiger partial charge in [0.15, 0.2) is 0 Å². The van der Waals surface area contributed by atoms with Gasteiger partial charge in [-0.2, -0.15) is 0 Å². The number of benzene rings is 1. The van der Waals surface area contributed by atoms with E-state index < -0.39 is 0 Å². The van der Waals surface area contributed by atoms with E-state index in [1.165, 1.54) is 12.1 Å². The molecule has 0 atom stereocenters. The molecule has 0 radical (unpaired) electrons. The number of carbonyl (C=O) groups excluding carboxylic acids is 1. The van der Waals surface area contributed by atoms with Crippen LogP contribution < -0.4 is 10.6 Å². The molecule has 0 spiro atoms. The van der Waals surface area contributed by atoms with Gasteiger partial charge in [-0.25, -0.2) is 4.39 Å². The lowest BCUT2D eigenvalue weighted by molar-refractivity contribution is -0.115. The van der Waals surface area contributed by atoms with Crippen molar-refractivity contribution < 1.29 is 9.18 Å². The molecule has 1 aromatic carbocycles. The molecule has 17 heavy (non-hydrogen) atoms. The molecule has 0 aliphatic carbocycles. The Morgan fingerprint density at radius 3 is 3.00 bits per heavy atom. The molecule has 2 N–H and O–H groups in total. The number of amides is 1. The first-order valence-electron chi connectivity index (χ1n) is 5.42. The number of halogens is 1. The summed E-state index contributed by atoms with van der Waals surface area (Å²) in [6, 6.07) is 5.79. The highest BCUT2D eigenvalue weighted by Gasteiger charge is 2.01. The van der Waals surface area contributed by atoms with Crippen molar-refractivity contribution >= 4 is 11.6 Å². The summed E-state index contributed by atoms with van der Waals surface area (Å²) in [6.07, 6.45) is 6.62. The van der Waals surface area contributed by atoms with Crippen LogP contribution in [0.3, 0.4) is 0 Å². The van der Waals surface area contributed by atoms with Gasteiger partial charge >= 0.3 is 0 Å². The van der Waals surface area contributed by atoms with Gasteiger partial charge in [0.05, 0.1) is 6.54 Å². The number of terminal acetylenes is 1. The molecule has 1 amide bonds. The van der Waals surface area contributed by atoms with Crippen molar-refractivity contribution in [2.45, 2.75) is 12.8 Å². The fourth-order valence-electron chi connectivity index (χ4n) is 1.29. The maximum absolute atomic E-state index is 12.8. The zero-order valence-electron chi connectivity index (χ0n) is 9.50. The molecule has 0 fully saturated rings. The van der Waals surface area contributed by atoms with Gasteiger partial charge in [0.2, 0.25) is 5.91 Å². The topological polar surface area (TPSA) is 41.1 Å². The maximum atomic E-state index is 12.8. The first kappa shape index (κ1) is 13.2. The maximum Gasteiger partial charge on any atom is 0.238 e. The minimum atomic E-state index is -0.371. The second-order valence-electron chi connectivity index (χ2n) is 3.54. The van der Waals surface area contributed by atoms with Gasteiger partial charge in [0.1, 0.15) is 5.82 Å². The fourth-order valence-corrected chi connectivity index (χ4v) is 1.29. The van der Waals surface area contributed by atoms with Crippen molar-refractivity contribution in [1.82, 2.24) is 5.32 Å². The van der Waals surface area contributed by atoms with E-state index in [2.05, 4.69) is 16.6 Å². The van der Waals surface area contributed by atoms with Crippen LogP contribution in [0.2, 0.25) is 0 Å². The van der Waals surface area contributed by atoms with Crippen molar-refractivity contribution in [3.05, 3.63) is 30.1 Å². The number of rotatable bonds is 6. The van der Waals surface area contributed by atoms with Crippen molar-refractivity contribution in [2.75, 3.05) is 18.4 Å². The Hall–Kier alpha value is -1.86. The number of hydrogen-bond donors (Lipinski definition) is 2. The van der Waals surface area contributed by atoms with Crippen LogP contribution in [0.5, 0.6) is 0 Å². The third kappa shape index (κ3) is 5.69. The van der Waals surface area contributed by atoms with Crippen LogP contribution in [-0.4, -0.2) is 19.0 Å². The van der Waals surface area contributed by atoms with Crippen LogP contribution in [-0.2, 0) is 4.79 Å². The largest absolute Gasteiger partial charge is 0.325 e. The number of carbonyl (C=O) groups is 1. The zero-order chi connectivity index (χ0) is 12.5. The summed E-state index contributed by atoms with van der Waals surface area (Å²) < 4.78 is 12.8. The molecule has 0 unspecified atom stereocenters. The van der Waals surface area contributed by atoms with Gasteiger partial charge in [-0.1, -0.05) is 6.07 Å². The van der Waals surface area contributed by atoms with Gasteiger partial charge in [0.25, 0.3) is 0 Å². The molecule has 0 saturated carbocycles. The molecule has 4 heteroatoms. The average Bonchev–Trinajstić information content (AvgIpc) is 2.29. The van der Waals surface area contributed by atoms with Crippen LogP contribution in [0.15, 0.2) is 24.3 Å². The smallest absolute Gasteiger partial charge is 0.238 e. The van der Waals surface area contributed by atoms with Crippen LogP contribution in [0.25, 0.3) is 0 Å². The van der Waals surface area contributed by atoms with Gasteiger partial charge in [-0.3, -0.25) is 4.79 Å². The van der Waals surface area contributed by atoms with Gasteiger partial charge in [-0.15, -0.1) is 12.3 Å². The average molecular weight is 234 g/mol. The Balaban J connectivity index is 2.23. The number of anilines is 1. The van der Waals surface area contributed by atoms with E-state index in [0.29, 0.717) is 18.7 Å². The quantitative estimate of drug-likeness (QED) is 0.582. The lowest BCUT2D eigenvalue weighted by Crippen LogP contribution is -2.28. The van der Waals surface area contributed by atoms with Gasteiger partial charge in [-0.05, 0) is 31.2 Å². The van der Waals surface area contributed by atoms with Crippen molar-refractivity contribution in [3.63, 3.8) is 0 Å². The van der Waals surface area contributed by atoms with E-state index in [-0.39, 0.29) is 18.3 Å². The summed E-state index contributed by atoms with van der Waals surface area (Å²) in [5, 5.41) is 5.55. The summed E-state index contributed by atoms with van der Waals surface area (Å²) >= 11 is 0. The Morgan fingerprint density at radius 2 is 2.29 bits per heavy atom.